The number of rotatable bonds is 4. The minimum Gasteiger partial charge on any atom is -0.287 e. The van der Waals surface area contributed by atoms with Gasteiger partial charge < -0.3 is 0 Å². The van der Waals surface area contributed by atoms with Crippen LogP contribution >= 0.6 is 11.5 Å². The summed E-state index contributed by atoms with van der Waals surface area (Å²) in [5.41, 5.74) is 0.209. The number of ketones is 1. The van der Waals surface area contributed by atoms with Crippen molar-refractivity contribution < 1.29 is 13.6 Å². The van der Waals surface area contributed by atoms with Crippen LogP contribution in [-0.2, 0) is 6.42 Å². The van der Waals surface area contributed by atoms with Gasteiger partial charge in [0, 0.05) is 0 Å². The molecule has 0 amide bonds. The Morgan fingerprint density at radius 2 is 2.11 bits per heavy atom. The Balaban J connectivity index is 2.50. The van der Waals surface area contributed by atoms with Crippen molar-refractivity contribution >= 4 is 17.3 Å². The predicted octanol–water partition coefficient (Wildman–Crippen LogP) is 3.31. The molecule has 0 unspecified atom stereocenters. The van der Waals surface area contributed by atoms with Gasteiger partial charge in [-0.1, -0.05) is 23.9 Å². The van der Waals surface area contributed by atoms with Crippen molar-refractivity contribution in [2.45, 2.75) is 26.7 Å². The monoisotopic (exact) mass is 282 g/mol. The maximum atomic E-state index is 13.9. The molecule has 1 heterocycles. The van der Waals surface area contributed by atoms with Gasteiger partial charge in [-0.15, -0.1) is 5.10 Å². The summed E-state index contributed by atoms with van der Waals surface area (Å²) in [4.78, 5) is 12.5. The van der Waals surface area contributed by atoms with Gasteiger partial charge >= 0.3 is 0 Å². The van der Waals surface area contributed by atoms with E-state index in [0.717, 1.165) is 24.0 Å². The molecule has 100 valence electrons. The Hall–Kier alpha value is -1.69. The van der Waals surface area contributed by atoms with Crippen LogP contribution in [0.15, 0.2) is 12.1 Å². The number of carbonyl (C=O) groups is 1. The largest absolute Gasteiger partial charge is 0.287 e. The first kappa shape index (κ1) is 13.7. The molecular formula is C13H12F2N2OS. The van der Waals surface area contributed by atoms with E-state index in [1.54, 1.807) is 0 Å². The van der Waals surface area contributed by atoms with Crippen molar-refractivity contribution in [3.63, 3.8) is 0 Å². The fourth-order valence-corrected chi connectivity index (χ4v) is 2.41. The van der Waals surface area contributed by atoms with Crippen molar-refractivity contribution in [1.29, 1.82) is 0 Å². The summed E-state index contributed by atoms with van der Waals surface area (Å²) in [6.07, 6.45) is 1.34. The zero-order chi connectivity index (χ0) is 14.0. The normalized spacial score (nSPS) is 10.7. The first-order valence-corrected chi connectivity index (χ1v) is 6.64. The lowest BCUT2D eigenvalue weighted by Gasteiger charge is -2.05. The van der Waals surface area contributed by atoms with Crippen LogP contribution in [0.25, 0.3) is 0 Å². The van der Waals surface area contributed by atoms with Crippen LogP contribution in [0.3, 0.4) is 0 Å². The van der Waals surface area contributed by atoms with Crippen LogP contribution in [-0.4, -0.2) is 15.4 Å². The van der Waals surface area contributed by atoms with Gasteiger partial charge in [0.2, 0.25) is 5.78 Å². The highest BCUT2D eigenvalue weighted by molar-refractivity contribution is 7.08. The lowest BCUT2D eigenvalue weighted by Crippen LogP contribution is -2.09. The quantitative estimate of drug-likeness (QED) is 0.808. The van der Waals surface area contributed by atoms with Crippen LogP contribution in [0, 0.1) is 18.6 Å². The van der Waals surface area contributed by atoms with Crippen molar-refractivity contribution in [2.75, 3.05) is 0 Å². The minimum absolute atomic E-state index is 0.213. The third-order valence-corrected chi connectivity index (χ3v) is 3.53. The number of aromatic nitrogens is 2. The standard InChI is InChI=1S/C13H12F2N2OS/c1-3-4-9-13(19-17-16-9)12(18)10-8(14)6-5-7(2)11(10)15/h5-6H,3-4H2,1-2H3. The highest BCUT2D eigenvalue weighted by atomic mass is 32.1. The predicted molar refractivity (Wildman–Crippen MR) is 68.4 cm³/mol. The molecule has 0 N–H and O–H groups in total. The number of benzene rings is 1. The van der Waals surface area contributed by atoms with Crippen molar-refractivity contribution in [3.05, 3.63) is 45.5 Å². The van der Waals surface area contributed by atoms with E-state index >= 15 is 0 Å². The maximum absolute atomic E-state index is 13.9. The Morgan fingerprint density at radius 3 is 2.79 bits per heavy atom. The summed E-state index contributed by atoms with van der Waals surface area (Å²) in [5, 5.41) is 3.84. The first-order chi connectivity index (χ1) is 9.06. The van der Waals surface area contributed by atoms with Crippen LogP contribution in [0.5, 0.6) is 0 Å². The lowest BCUT2D eigenvalue weighted by atomic mass is 10.0. The molecule has 0 spiro atoms. The second-order valence-corrected chi connectivity index (χ2v) is 4.94. The summed E-state index contributed by atoms with van der Waals surface area (Å²) in [6, 6.07) is 2.40. The van der Waals surface area contributed by atoms with Crippen LogP contribution in [0.2, 0.25) is 0 Å². The van der Waals surface area contributed by atoms with E-state index in [9.17, 15) is 13.6 Å². The van der Waals surface area contributed by atoms with E-state index in [1.807, 2.05) is 6.92 Å². The number of hydrogen-bond donors (Lipinski definition) is 0. The molecule has 0 atom stereocenters. The Labute approximate surface area is 113 Å². The van der Waals surface area contributed by atoms with Gasteiger partial charge in [0.1, 0.15) is 16.5 Å². The topological polar surface area (TPSA) is 42.9 Å². The van der Waals surface area contributed by atoms with Crippen molar-refractivity contribution in [1.82, 2.24) is 9.59 Å². The van der Waals surface area contributed by atoms with E-state index in [-0.39, 0.29) is 10.4 Å². The zero-order valence-corrected chi connectivity index (χ0v) is 11.4. The second kappa shape index (κ2) is 5.52. The SMILES string of the molecule is CCCc1nnsc1C(=O)c1c(F)ccc(C)c1F. The Kier molecular flexibility index (Phi) is 3.99. The van der Waals surface area contributed by atoms with Gasteiger partial charge in [-0.2, -0.15) is 0 Å². The van der Waals surface area contributed by atoms with Gasteiger partial charge in [0.25, 0.3) is 0 Å². The summed E-state index contributed by atoms with van der Waals surface area (Å²) in [6.45, 7) is 3.42. The molecule has 0 fully saturated rings. The molecule has 0 radical (unpaired) electrons. The molecule has 6 heteroatoms. The van der Waals surface area contributed by atoms with E-state index in [4.69, 9.17) is 0 Å². The van der Waals surface area contributed by atoms with Crippen LogP contribution in [0.4, 0.5) is 8.78 Å². The second-order valence-electron chi connectivity index (χ2n) is 4.18. The summed E-state index contributed by atoms with van der Waals surface area (Å²) in [7, 11) is 0. The van der Waals surface area contributed by atoms with Crippen molar-refractivity contribution in [3.8, 4) is 0 Å². The highest BCUT2D eigenvalue weighted by Gasteiger charge is 2.24. The number of aryl methyl sites for hydroxylation is 2. The van der Waals surface area contributed by atoms with Gasteiger partial charge in [0.05, 0.1) is 11.3 Å². The van der Waals surface area contributed by atoms with E-state index in [1.165, 1.54) is 13.0 Å². The van der Waals surface area contributed by atoms with E-state index in [2.05, 4.69) is 9.59 Å². The average Bonchev–Trinajstić information content (AvgIpc) is 2.83. The van der Waals surface area contributed by atoms with E-state index in [0.29, 0.717) is 12.1 Å². The molecule has 19 heavy (non-hydrogen) atoms. The molecule has 0 aliphatic heterocycles. The van der Waals surface area contributed by atoms with Gasteiger partial charge in [-0.3, -0.25) is 4.79 Å². The smallest absolute Gasteiger partial charge is 0.212 e. The third kappa shape index (κ3) is 2.53. The average molecular weight is 282 g/mol. The van der Waals surface area contributed by atoms with Gasteiger partial charge in [-0.05, 0) is 36.5 Å². The summed E-state index contributed by atoms with van der Waals surface area (Å²) < 4.78 is 31.3. The summed E-state index contributed by atoms with van der Waals surface area (Å²) >= 11 is 0.872. The fraction of sp³-hybridized carbons (Fsp3) is 0.308. The Bertz CT molecular complexity index is 625. The maximum Gasteiger partial charge on any atom is 0.212 e. The van der Waals surface area contributed by atoms with Crippen molar-refractivity contribution in [2.24, 2.45) is 0 Å². The molecule has 3 nitrogen and oxygen atoms in total. The first-order valence-electron chi connectivity index (χ1n) is 5.86. The third-order valence-electron chi connectivity index (χ3n) is 2.76. The molecular weight excluding hydrogens is 270 g/mol. The number of nitrogens with zero attached hydrogens (tertiary/aromatic N) is 2. The Morgan fingerprint density at radius 1 is 1.37 bits per heavy atom. The zero-order valence-electron chi connectivity index (χ0n) is 10.5. The minimum atomic E-state index is -0.857. The molecule has 0 saturated heterocycles. The number of carbonyl (C=O) groups excluding carboxylic acids is 1. The highest BCUT2D eigenvalue weighted by Crippen LogP contribution is 2.23. The molecule has 2 rings (SSSR count). The van der Waals surface area contributed by atoms with E-state index < -0.39 is 23.0 Å². The molecule has 0 aliphatic carbocycles. The fourth-order valence-electron chi connectivity index (χ4n) is 1.76. The van der Waals surface area contributed by atoms with Gasteiger partial charge in [-0.25, -0.2) is 8.78 Å². The molecule has 0 saturated carbocycles. The van der Waals surface area contributed by atoms with Crippen LogP contribution in [0.1, 0.15) is 39.8 Å². The molecule has 2 aromatic rings. The van der Waals surface area contributed by atoms with Gasteiger partial charge in [0.15, 0.2) is 0 Å². The van der Waals surface area contributed by atoms with Crippen LogP contribution < -0.4 is 0 Å². The molecule has 0 aliphatic rings. The lowest BCUT2D eigenvalue weighted by molar-refractivity contribution is 0.103. The molecule has 1 aromatic heterocycles. The molecule has 0 bridgehead atoms. The summed E-state index contributed by atoms with van der Waals surface area (Å²) in [5.74, 6) is -2.36. The number of hydrogen-bond acceptors (Lipinski definition) is 4. The number of halogens is 2. The molecule has 1 aromatic carbocycles.